The molecular formula is C25H23ClN6O. The Hall–Kier alpha value is -4.10. The average molecular weight is 459 g/mol. The van der Waals surface area contributed by atoms with Crippen LogP contribution in [0, 0.1) is 6.92 Å². The van der Waals surface area contributed by atoms with Crippen LogP contribution in [-0.4, -0.2) is 15.9 Å². The molecule has 0 bridgehead atoms. The van der Waals surface area contributed by atoms with Crippen LogP contribution in [0.3, 0.4) is 0 Å². The molecule has 1 aromatic heterocycles. The van der Waals surface area contributed by atoms with Gasteiger partial charge in [-0.3, -0.25) is 15.6 Å². The number of benzene rings is 3. The third-order valence-electron chi connectivity index (χ3n) is 5.24. The molecule has 0 aliphatic carbocycles. The average Bonchev–Trinajstić information content (AvgIpc) is 2.84. The number of aromatic nitrogens is 2. The molecule has 0 fully saturated rings. The van der Waals surface area contributed by atoms with E-state index in [1.54, 1.807) is 0 Å². The second kappa shape index (κ2) is 10.0. The van der Waals surface area contributed by atoms with Gasteiger partial charge in [-0.05, 0) is 35.7 Å². The van der Waals surface area contributed by atoms with Gasteiger partial charge in [-0.1, -0.05) is 78.3 Å². The van der Waals surface area contributed by atoms with Crippen LogP contribution in [0.5, 0.6) is 0 Å². The van der Waals surface area contributed by atoms with Gasteiger partial charge in [0, 0.05) is 10.7 Å². The zero-order valence-electron chi connectivity index (χ0n) is 17.9. The first-order valence-electron chi connectivity index (χ1n) is 10.3. The van der Waals surface area contributed by atoms with Gasteiger partial charge >= 0.3 is 0 Å². The lowest BCUT2D eigenvalue weighted by atomic mass is 9.91. The Morgan fingerprint density at radius 2 is 1.48 bits per heavy atom. The lowest BCUT2D eigenvalue weighted by molar-refractivity contribution is -0.121. The summed E-state index contributed by atoms with van der Waals surface area (Å²) in [7, 11) is 0. The van der Waals surface area contributed by atoms with Crippen molar-refractivity contribution >= 4 is 40.5 Å². The van der Waals surface area contributed by atoms with E-state index in [1.165, 1.54) is 6.33 Å². The van der Waals surface area contributed by atoms with Gasteiger partial charge in [-0.25, -0.2) is 9.97 Å². The van der Waals surface area contributed by atoms with Gasteiger partial charge in [0.15, 0.2) is 11.6 Å². The maximum Gasteiger partial charge on any atom is 0.250 e. The lowest BCUT2D eigenvalue weighted by Gasteiger charge is -2.19. The quantitative estimate of drug-likeness (QED) is 0.289. The first-order chi connectivity index (χ1) is 16.0. The van der Waals surface area contributed by atoms with Crippen LogP contribution in [0.25, 0.3) is 0 Å². The number of nitrogen functional groups attached to an aromatic ring is 1. The minimum Gasteiger partial charge on any atom is -0.393 e. The Bertz CT molecular complexity index is 1210. The molecule has 33 heavy (non-hydrogen) atoms. The molecule has 1 heterocycles. The topological polar surface area (TPSA) is 105 Å². The third kappa shape index (κ3) is 5.05. The SMILES string of the molecule is Cc1c(Cl)cccc1Nc1ncnc(NNC(=O)C(c2ccccc2)c2ccccc2)c1N. The molecule has 166 valence electrons. The molecule has 7 nitrogen and oxygen atoms in total. The van der Waals surface area contributed by atoms with Crippen molar-refractivity contribution in [3.63, 3.8) is 0 Å². The summed E-state index contributed by atoms with van der Waals surface area (Å²) in [5.41, 5.74) is 15.5. The number of carbonyl (C=O) groups is 1. The second-order valence-electron chi connectivity index (χ2n) is 7.39. The van der Waals surface area contributed by atoms with Crippen LogP contribution >= 0.6 is 11.6 Å². The molecule has 1 amide bonds. The number of amides is 1. The Morgan fingerprint density at radius 1 is 0.879 bits per heavy atom. The van der Waals surface area contributed by atoms with E-state index >= 15 is 0 Å². The predicted octanol–water partition coefficient (Wildman–Crippen LogP) is 5.04. The van der Waals surface area contributed by atoms with Gasteiger partial charge in [-0.2, -0.15) is 0 Å². The van der Waals surface area contributed by atoms with Crippen LogP contribution in [-0.2, 0) is 4.79 Å². The van der Waals surface area contributed by atoms with Crippen molar-refractivity contribution < 1.29 is 4.79 Å². The van der Waals surface area contributed by atoms with Gasteiger partial charge < -0.3 is 11.1 Å². The maximum atomic E-state index is 13.2. The van der Waals surface area contributed by atoms with Gasteiger partial charge in [-0.15, -0.1) is 0 Å². The first kappa shape index (κ1) is 22.1. The molecule has 0 atom stereocenters. The van der Waals surface area contributed by atoms with Gasteiger partial charge in [0.05, 0.1) is 5.92 Å². The molecular weight excluding hydrogens is 436 g/mol. The molecule has 0 radical (unpaired) electrons. The highest BCUT2D eigenvalue weighted by Crippen LogP contribution is 2.30. The van der Waals surface area contributed by atoms with E-state index in [2.05, 4.69) is 26.1 Å². The molecule has 0 saturated heterocycles. The Kier molecular flexibility index (Phi) is 6.71. The first-order valence-corrected chi connectivity index (χ1v) is 10.7. The van der Waals surface area contributed by atoms with E-state index in [4.69, 9.17) is 17.3 Å². The molecule has 0 aliphatic rings. The normalized spacial score (nSPS) is 10.6. The van der Waals surface area contributed by atoms with E-state index < -0.39 is 5.92 Å². The highest BCUT2D eigenvalue weighted by molar-refractivity contribution is 6.31. The van der Waals surface area contributed by atoms with E-state index in [-0.39, 0.29) is 17.4 Å². The maximum absolute atomic E-state index is 13.2. The fourth-order valence-corrected chi connectivity index (χ4v) is 3.62. The van der Waals surface area contributed by atoms with Crippen LogP contribution in [0.15, 0.2) is 85.2 Å². The molecule has 3 aromatic carbocycles. The lowest BCUT2D eigenvalue weighted by Crippen LogP contribution is -2.35. The monoisotopic (exact) mass is 458 g/mol. The summed E-state index contributed by atoms with van der Waals surface area (Å²) in [5, 5.41) is 3.80. The van der Waals surface area contributed by atoms with E-state index in [1.807, 2.05) is 85.8 Å². The molecule has 0 spiro atoms. The number of hydrogen-bond donors (Lipinski definition) is 4. The smallest absolute Gasteiger partial charge is 0.250 e. The summed E-state index contributed by atoms with van der Waals surface area (Å²) in [6, 6.07) is 24.7. The van der Waals surface area contributed by atoms with Crippen molar-refractivity contribution in [3.05, 3.63) is 107 Å². The summed E-state index contributed by atoms with van der Waals surface area (Å²) in [6.45, 7) is 1.90. The highest BCUT2D eigenvalue weighted by atomic mass is 35.5. The standard InChI is InChI=1S/C25H23ClN6O/c1-16-19(26)13-8-14-20(16)30-23-22(27)24(29-15-28-23)31-32-25(33)21(17-9-4-2-5-10-17)18-11-6-3-7-12-18/h2-15,21H,27H2,1H3,(H,32,33)(H2,28,29,30,31). The Labute approximate surface area is 197 Å². The molecule has 0 aliphatic heterocycles. The molecule has 4 rings (SSSR count). The number of hydrogen-bond acceptors (Lipinski definition) is 6. The summed E-state index contributed by atoms with van der Waals surface area (Å²) in [5.74, 6) is -0.0736. The number of hydrazine groups is 1. The summed E-state index contributed by atoms with van der Waals surface area (Å²) in [6.07, 6.45) is 1.36. The zero-order valence-corrected chi connectivity index (χ0v) is 18.7. The zero-order chi connectivity index (χ0) is 23.2. The van der Waals surface area contributed by atoms with Crippen molar-refractivity contribution in [3.8, 4) is 0 Å². The summed E-state index contributed by atoms with van der Waals surface area (Å²) < 4.78 is 0. The molecule has 5 N–H and O–H groups in total. The van der Waals surface area contributed by atoms with Crippen molar-refractivity contribution in [1.82, 2.24) is 15.4 Å². The number of nitrogens with two attached hydrogens (primary N) is 1. The van der Waals surface area contributed by atoms with Gasteiger partial charge in [0.1, 0.15) is 12.0 Å². The van der Waals surface area contributed by atoms with Gasteiger partial charge in [0.2, 0.25) is 5.91 Å². The Morgan fingerprint density at radius 3 is 2.12 bits per heavy atom. The molecule has 8 heteroatoms. The number of carbonyl (C=O) groups excluding carboxylic acids is 1. The summed E-state index contributed by atoms with van der Waals surface area (Å²) in [4.78, 5) is 21.6. The fourth-order valence-electron chi connectivity index (χ4n) is 3.44. The van der Waals surface area contributed by atoms with Crippen LogP contribution in [0.2, 0.25) is 5.02 Å². The molecule has 0 saturated carbocycles. The second-order valence-corrected chi connectivity index (χ2v) is 7.80. The van der Waals surface area contributed by atoms with E-state index in [0.29, 0.717) is 10.8 Å². The number of halogens is 1. The third-order valence-corrected chi connectivity index (χ3v) is 5.65. The number of anilines is 4. The largest absolute Gasteiger partial charge is 0.393 e. The number of rotatable bonds is 7. The van der Waals surface area contributed by atoms with Crippen LogP contribution in [0.1, 0.15) is 22.6 Å². The van der Waals surface area contributed by atoms with Crippen molar-refractivity contribution in [2.45, 2.75) is 12.8 Å². The highest BCUT2D eigenvalue weighted by Gasteiger charge is 2.23. The van der Waals surface area contributed by atoms with Crippen LogP contribution in [0.4, 0.5) is 23.0 Å². The van der Waals surface area contributed by atoms with E-state index in [0.717, 1.165) is 22.4 Å². The number of nitrogens with one attached hydrogen (secondary N) is 3. The molecule has 4 aromatic rings. The van der Waals surface area contributed by atoms with Crippen molar-refractivity contribution in [2.24, 2.45) is 0 Å². The van der Waals surface area contributed by atoms with Crippen molar-refractivity contribution in [1.29, 1.82) is 0 Å². The fraction of sp³-hybridized carbons (Fsp3) is 0.0800. The van der Waals surface area contributed by atoms with E-state index in [9.17, 15) is 4.79 Å². The molecule has 0 unspecified atom stereocenters. The number of nitrogens with zero attached hydrogens (tertiary/aromatic N) is 2. The predicted molar refractivity (Wildman–Crippen MR) is 132 cm³/mol. The summed E-state index contributed by atoms with van der Waals surface area (Å²) >= 11 is 6.20. The minimum atomic E-state index is -0.505. The van der Waals surface area contributed by atoms with Gasteiger partial charge in [0.25, 0.3) is 0 Å². The van der Waals surface area contributed by atoms with Crippen LogP contribution < -0.4 is 21.9 Å². The van der Waals surface area contributed by atoms with Crippen molar-refractivity contribution in [2.75, 3.05) is 16.5 Å². The minimum absolute atomic E-state index is 0.245. The Balaban J connectivity index is 1.54.